The second kappa shape index (κ2) is 6.05. The Morgan fingerprint density at radius 2 is 2.36 bits per heavy atom. The maximum absolute atomic E-state index is 12.3. The number of pyridine rings is 1. The van der Waals surface area contributed by atoms with Crippen LogP contribution in [0.4, 0.5) is 5.69 Å². The molecular formula is C17H18N2O3. The zero-order chi connectivity index (χ0) is 15.5. The minimum absolute atomic E-state index is 0.147. The van der Waals surface area contributed by atoms with Crippen molar-refractivity contribution in [3.8, 4) is 11.5 Å². The Kier molecular flexibility index (Phi) is 3.96. The molecule has 5 nitrogen and oxygen atoms in total. The molecule has 22 heavy (non-hydrogen) atoms. The van der Waals surface area contributed by atoms with Crippen LogP contribution in [0.5, 0.6) is 11.5 Å². The Labute approximate surface area is 129 Å². The molecule has 0 bridgehead atoms. The first-order valence-corrected chi connectivity index (χ1v) is 7.35. The number of aromatic nitrogens is 1. The molecule has 1 aliphatic heterocycles. The molecule has 1 N–H and O–H groups in total. The molecule has 0 unspecified atom stereocenters. The van der Waals surface area contributed by atoms with Crippen LogP contribution in [0, 0.1) is 0 Å². The highest BCUT2D eigenvalue weighted by molar-refractivity contribution is 6.05. The van der Waals surface area contributed by atoms with Gasteiger partial charge in [0.2, 0.25) is 0 Å². The summed E-state index contributed by atoms with van der Waals surface area (Å²) in [6.45, 7) is 4.47. The third kappa shape index (κ3) is 2.88. The van der Waals surface area contributed by atoms with Gasteiger partial charge in [0.1, 0.15) is 17.6 Å². The normalized spacial score (nSPS) is 15.8. The Morgan fingerprint density at radius 3 is 3.09 bits per heavy atom. The van der Waals surface area contributed by atoms with E-state index in [1.165, 1.54) is 6.20 Å². The maximum atomic E-state index is 12.3. The van der Waals surface area contributed by atoms with Crippen LogP contribution >= 0.6 is 0 Å². The molecule has 1 aromatic heterocycles. The molecule has 0 radical (unpaired) electrons. The van der Waals surface area contributed by atoms with Gasteiger partial charge in [-0.3, -0.25) is 9.78 Å². The van der Waals surface area contributed by atoms with Crippen molar-refractivity contribution in [3.63, 3.8) is 0 Å². The van der Waals surface area contributed by atoms with Gasteiger partial charge in [0.05, 0.1) is 17.9 Å². The molecule has 1 aromatic carbocycles. The summed E-state index contributed by atoms with van der Waals surface area (Å²) in [6.07, 6.45) is 4.16. The first-order valence-electron chi connectivity index (χ1n) is 7.35. The van der Waals surface area contributed by atoms with Crippen molar-refractivity contribution in [2.45, 2.75) is 26.4 Å². The summed E-state index contributed by atoms with van der Waals surface area (Å²) in [5, 5.41) is 2.87. The number of amides is 1. The Balaban J connectivity index is 1.89. The van der Waals surface area contributed by atoms with E-state index in [0.717, 1.165) is 17.7 Å². The van der Waals surface area contributed by atoms with Crippen LogP contribution < -0.4 is 14.8 Å². The molecule has 3 rings (SSSR count). The molecule has 5 heteroatoms. The minimum Gasteiger partial charge on any atom is -0.492 e. The number of nitrogens with one attached hydrogen (secondary N) is 1. The standard InChI is InChI=1S/C17H18N2O3/c1-3-21-16-8-13-7-11(2)22-15(13)9-14(16)19-17(20)12-5-4-6-18-10-12/h4-6,8-11H,3,7H2,1-2H3,(H,19,20)/t11-/m1/s1. The van der Waals surface area contributed by atoms with E-state index in [1.807, 2.05) is 26.0 Å². The van der Waals surface area contributed by atoms with E-state index in [2.05, 4.69) is 10.3 Å². The molecule has 0 saturated carbocycles. The van der Waals surface area contributed by atoms with Crippen molar-refractivity contribution in [1.29, 1.82) is 0 Å². The van der Waals surface area contributed by atoms with E-state index in [1.54, 1.807) is 18.3 Å². The fourth-order valence-electron chi connectivity index (χ4n) is 2.50. The number of carbonyl (C=O) groups is 1. The second-order valence-corrected chi connectivity index (χ2v) is 5.22. The summed E-state index contributed by atoms with van der Waals surface area (Å²) in [7, 11) is 0. The summed E-state index contributed by atoms with van der Waals surface area (Å²) in [6, 6.07) is 7.22. The highest BCUT2D eigenvalue weighted by Gasteiger charge is 2.22. The molecular weight excluding hydrogens is 280 g/mol. The lowest BCUT2D eigenvalue weighted by atomic mass is 10.1. The fourth-order valence-corrected chi connectivity index (χ4v) is 2.50. The van der Waals surface area contributed by atoms with E-state index >= 15 is 0 Å². The van der Waals surface area contributed by atoms with E-state index in [9.17, 15) is 4.79 Å². The van der Waals surface area contributed by atoms with Gasteiger partial charge in [-0.25, -0.2) is 0 Å². The zero-order valence-electron chi connectivity index (χ0n) is 12.6. The van der Waals surface area contributed by atoms with Gasteiger partial charge >= 0.3 is 0 Å². The summed E-state index contributed by atoms with van der Waals surface area (Å²) in [5.41, 5.74) is 2.22. The lowest BCUT2D eigenvalue weighted by Gasteiger charge is -2.13. The Hall–Kier alpha value is -2.56. The molecule has 2 aromatic rings. The quantitative estimate of drug-likeness (QED) is 0.942. The average molecular weight is 298 g/mol. The summed E-state index contributed by atoms with van der Waals surface area (Å²) >= 11 is 0. The molecule has 2 heterocycles. The van der Waals surface area contributed by atoms with Crippen molar-refractivity contribution < 1.29 is 14.3 Å². The van der Waals surface area contributed by atoms with Crippen molar-refractivity contribution in [3.05, 3.63) is 47.8 Å². The van der Waals surface area contributed by atoms with Gasteiger partial charge in [0.25, 0.3) is 5.91 Å². The smallest absolute Gasteiger partial charge is 0.257 e. The average Bonchev–Trinajstić information content (AvgIpc) is 2.87. The van der Waals surface area contributed by atoms with Gasteiger partial charge in [-0.15, -0.1) is 0 Å². The fraction of sp³-hybridized carbons (Fsp3) is 0.294. The van der Waals surface area contributed by atoms with Crippen molar-refractivity contribution >= 4 is 11.6 Å². The number of benzene rings is 1. The number of fused-ring (bicyclic) bond motifs is 1. The van der Waals surface area contributed by atoms with Crippen LogP contribution in [0.25, 0.3) is 0 Å². The summed E-state index contributed by atoms with van der Waals surface area (Å²) < 4.78 is 11.4. The number of ether oxygens (including phenoxy) is 2. The first-order chi connectivity index (χ1) is 10.7. The molecule has 1 amide bonds. The van der Waals surface area contributed by atoms with E-state index in [0.29, 0.717) is 23.6 Å². The van der Waals surface area contributed by atoms with Gasteiger partial charge in [0.15, 0.2) is 0 Å². The van der Waals surface area contributed by atoms with Crippen molar-refractivity contribution in [1.82, 2.24) is 4.98 Å². The Morgan fingerprint density at radius 1 is 1.50 bits per heavy atom. The highest BCUT2D eigenvalue weighted by Crippen LogP contribution is 2.38. The van der Waals surface area contributed by atoms with Crippen molar-refractivity contribution in [2.75, 3.05) is 11.9 Å². The summed E-state index contributed by atoms with van der Waals surface area (Å²) in [4.78, 5) is 16.2. The van der Waals surface area contributed by atoms with Crippen LogP contribution in [0.1, 0.15) is 29.8 Å². The third-order valence-electron chi connectivity index (χ3n) is 3.47. The lowest BCUT2D eigenvalue weighted by Crippen LogP contribution is -2.13. The van der Waals surface area contributed by atoms with Gasteiger partial charge in [-0.1, -0.05) is 0 Å². The van der Waals surface area contributed by atoms with E-state index in [-0.39, 0.29) is 12.0 Å². The molecule has 1 atom stereocenters. The minimum atomic E-state index is -0.222. The van der Waals surface area contributed by atoms with Crippen LogP contribution in [0.3, 0.4) is 0 Å². The first kappa shape index (κ1) is 14.4. The molecule has 1 aliphatic rings. The number of anilines is 1. The number of nitrogens with zero attached hydrogens (tertiary/aromatic N) is 1. The third-order valence-corrected chi connectivity index (χ3v) is 3.47. The van der Waals surface area contributed by atoms with Gasteiger partial charge in [-0.2, -0.15) is 0 Å². The molecule has 0 fully saturated rings. The Bertz CT molecular complexity index is 686. The van der Waals surface area contributed by atoms with Crippen LogP contribution in [0.2, 0.25) is 0 Å². The largest absolute Gasteiger partial charge is 0.492 e. The number of rotatable bonds is 4. The topological polar surface area (TPSA) is 60.5 Å². The maximum Gasteiger partial charge on any atom is 0.257 e. The molecule has 0 spiro atoms. The van der Waals surface area contributed by atoms with Crippen LogP contribution in [0.15, 0.2) is 36.7 Å². The van der Waals surface area contributed by atoms with Crippen molar-refractivity contribution in [2.24, 2.45) is 0 Å². The van der Waals surface area contributed by atoms with Gasteiger partial charge in [0, 0.05) is 30.4 Å². The molecule has 0 saturated heterocycles. The monoisotopic (exact) mass is 298 g/mol. The molecule has 0 aliphatic carbocycles. The molecule has 114 valence electrons. The van der Waals surface area contributed by atoms with Crippen LogP contribution in [-0.2, 0) is 6.42 Å². The van der Waals surface area contributed by atoms with E-state index in [4.69, 9.17) is 9.47 Å². The van der Waals surface area contributed by atoms with Gasteiger partial charge < -0.3 is 14.8 Å². The zero-order valence-corrected chi connectivity index (χ0v) is 12.6. The number of hydrogen-bond acceptors (Lipinski definition) is 4. The highest BCUT2D eigenvalue weighted by atomic mass is 16.5. The second-order valence-electron chi connectivity index (χ2n) is 5.22. The van der Waals surface area contributed by atoms with E-state index < -0.39 is 0 Å². The lowest BCUT2D eigenvalue weighted by molar-refractivity contribution is 0.102. The van der Waals surface area contributed by atoms with Gasteiger partial charge in [-0.05, 0) is 32.0 Å². The summed E-state index contributed by atoms with van der Waals surface area (Å²) in [5.74, 6) is 1.24. The number of carbonyl (C=O) groups excluding carboxylic acids is 1. The number of hydrogen-bond donors (Lipinski definition) is 1. The SMILES string of the molecule is CCOc1cc2c(cc1NC(=O)c1cccnc1)O[C@H](C)C2. The predicted molar refractivity (Wildman–Crippen MR) is 83.6 cm³/mol. The van der Waals surface area contributed by atoms with Crippen LogP contribution in [-0.4, -0.2) is 23.6 Å². The predicted octanol–water partition coefficient (Wildman–Crippen LogP) is 3.06.